The van der Waals surface area contributed by atoms with Gasteiger partial charge in [0.05, 0.1) is 5.56 Å². The minimum absolute atomic E-state index is 0.305. The largest absolute Gasteiger partial charge is 0.481 e. The molecule has 2 atom stereocenters. The first-order valence-corrected chi connectivity index (χ1v) is 10.7. The van der Waals surface area contributed by atoms with Crippen molar-refractivity contribution in [3.8, 4) is 5.75 Å². The van der Waals surface area contributed by atoms with Crippen molar-refractivity contribution in [1.82, 2.24) is 10.4 Å². The molecule has 1 heterocycles. The number of amides is 2. The molecule has 2 amide bonds. The Bertz CT molecular complexity index is 1120. The average molecular weight is 480 g/mol. The van der Waals surface area contributed by atoms with Crippen LogP contribution >= 0.6 is 15.9 Å². The van der Waals surface area contributed by atoms with Crippen LogP contribution in [-0.4, -0.2) is 22.9 Å². The lowest BCUT2D eigenvalue weighted by Gasteiger charge is -2.38. The SMILES string of the molecule is Cc1ccccc1OC(C)C(=O)NN1C(=O)c2cc(Br)ccc2NC1c1ccccc1. The van der Waals surface area contributed by atoms with E-state index >= 15 is 0 Å². The van der Waals surface area contributed by atoms with Gasteiger partial charge in [0.15, 0.2) is 6.10 Å². The van der Waals surface area contributed by atoms with Gasteiger partial charge in [0, 0.05) is 10.2 Å². The maximum atomic E-state index is 13.3. The van der Waals surface area contributed by atoms with Gasteiger partial charge in [-0.15, -0.1) is 0 Å². The Hall–Kier alpha value is -3.32. The van der Waals surface area contributed by atoms with Crippen molar-refractivity contribution in [2.45, 2.75) is 26.1 Å². The summed E-state index contributed by atoms with van der Waals surface area (Å²) in [6.45, 7) is 3.57. The highest BCUT2D eigenvalue weighted by molar-refractivity contribution is 9.10. The molecule has 0 spiro atoms. The zero-order valence-electron chi connectivity index (χ0n) is 17.1. The lowest BCUT2D eigenvalue weighted by molar-refractivity contribution is -0.132. The molecule has 2 unspecified atom stereocenters. The fourth-order valence-corrected chi connectivity index (χ4v) is 3.76. The van der Waals surface area contributed by atoms with Gasteiger partial charge in [0.25, 0.3) is 11.8 Å². The van der Waals surface area contributed by atoms with Crippen LogP contribution < -0.4 is 15.5 Å². The summed E-state index contributed by atoms with van der Waals surface area (Å²) >= 11 is 3.41. The van der Waals surface area contributed by atoms with E-state index in [-0.39, 0.29) is 5.91 Å². The maximum Gasteiger partial charge on any atom is 0.279 e. The molecule has 0 saturated heterocycles. The van der Waals surface area contributed by atoms with Gasteiger partial charge in [-0.3, -0.25) is 15.0 Å². The quantitative estimate of drug-likeness (QED) is 0.550. The Kier molecular flexibility index (Phi) is 5.95. The minimum atomic E-state index is -0.797. The number of anilines is 1. The van der Waals surface area contributed by atoms with Crippen LogP contribution in [0, 0.1) is 6.92 Å². The Morgan fingerprint density at radius 3 is 2.55 bits per heavy atom. The predicted octanol–water partition coefficient (Wildman–Crippen LogP) is 4.82. The molecule has 0 radical (unpaired) electrons. The molecule has 7 heteroatoms. The van der Waals surface area contributed by atoms with Gasteiger partial charge < -0.3 is 10.1 Å². The number of carbonyl (C=O) groups is 2. The van der Waals surface area contributed by atoms with E-state index in [9.17, 15) is 9.59 Å². The third-order valence-electron chi connectivity index (χ3n) is 5.09. The number of fused-ring (bicyclic) bond motifs is 1. The number of nitrogens with zero attached hydrogens (tertiary/aromatic N) is 1. The highest BCUT2D eigenvalue weighted by Crippen LogP contribution is 2.33. The van der Waals surface area contributed by atoms with Gasteiger partial charge in [-0.25, -0.2) is 5.01 Å². The average Bonchev–Trinajstić information content (AvgIpc) is 2.78. The topological polar surface area (TPSA) is 70.7 Å². The van der Waals surface area contributed by atoms with Crippen LogP contribution in [0.4, 0.5) is 5.69 Å². The van der Waals surface area contributed by atoms with Gasteiger partial charge in [-0.1, -0.05) is 64.5 Å². The molecular formula is C24H22BrN3O3. The molecule has 1 aliphatic rings. The van der Waals surface area contributed by atoms with Crippen molar-refractivity contribution < 1.29 is 14.3 Å². The van der Waals surface area contributed by atoms with Crippen LogP contribution in [0.1, 0.15) is 34.6 Å². The lowest BCUT2D eigenvalue weighted by atomic mass is 10.0. The van der Waals surface area contributed by atoms with Crippen molar-refractivity contribution in [2.24, 2.45) is 0 Å². The van der Waals surface area contributed by atoms with Crippen molar-refractivity contribution >= 4 is 33.4 Å². The van der Waals surface area contributed by atoms with E-state index in [1.807, 2.05) is 73.7 Å². The molecule has 0 saturated carbocycles. The summed E-state index contributed by atoms with van der Waals surface area (Å²) in [4.78, 5) is 26.3. The van der Waals surface area contributed by atoms with Crippen molar-refractivity contribution in [3.63, 3.8) is 0 Å². The Morgan fingerprint density at radius 1 is 1.10 bits per heavy atom. The smallest absolute Gasteiger partial charge is 0.279 e. The monoisotopic (exact) mass is 479 g/mol. The first-order chi connectivity index (χ1) is 14.9. The molecule has 3 aromatic carbocycles. The van der Waals surface area contributed by atoms with Gasteiger partial charge in [0.1, 0.15) is 11.9 Å². The summed E-state index contributed by atoms with van der Waals surface area (Å²) in [6.07, 6.45) is -1.36. The number of carbonyl (C=O) groups excluding carboxylic acids is 2. The first-order valence-electron chi connectivity index (χ1n) is 9.91. The second kappa shape index (κ2) is 8.81. The standard InChI is InChI=1S/C24H22BrN3O3/c1-15-8-6-7-11-21(15)31-16(2)23(29)27-28-22(17-9-4-3-5-10-17)26-20-13-12-18(25)14-19(20)24(28)30/h3-14,16,22,26H,1-2H3,(H,27,29). The Morgan fingerprint density at radius 2 is 1.81 bits per heavy atom. The lowest BCUT2D eigenvalue weighted by Crippen LogP contribution is -2.55. The Labute approximate surface area is 189 Å². The second-order valence-electron chi connectivity index (χ2n) is 7.32. The predicted molar refractivity (Wildman–Crippen MR) is 123 cm³/mol. The fraction of sp³-hybridized carbons (Fsp3) is 0.167. The number of nitrogens with one attached hydrogen (secondary N) is 2. The summed E-state index contributed by atoms with van der Waals surface area (Å²) in [5, 5.41) is 4.68. The van der Waals surface area contributed by atoms with Crippen molar-refractivity contribution in [2.75, 3.05) is 5.32 Å². The second-order valence-corrected chi connectivity index (χ2v) is 8.24. The molecule has 0 fully saturated rings. The highest BCUT2D eigenvalue weighted by Gasteiger charge is 2.35. The van der Waals surface area contributed by atoms with Gasteiger partial charge in [-0.2, -0.15) is 0 Å². The van der Waals surface area contributed by atoms with Crippen LogP contribution in [0.25, 0.3) is 0 Å². The number of halogens is 1. The van der Waals surface area contributed by atoms with E-state index in [1.54, 1.807) is 13.0 Å². The third kappa shape index (κ3) is 4.41. The molecule has 6 nitrogen and oxygen atoms in total. The highest BCUT2D eigenvalue weighted by atomic mass is 79.9. The molecule has 158 valence electrons. The number of hydrogen-bond donors (Lipinski definition) is 2. The van der Waals surface area contributed by atoms with Crippen molar-refractivity contribution in [3.05, 3.63) is 94.0 Å². The van der Waals surface area contributed by atoms with Crippen molar-refractivity contribution in [1.29, 1.82) is 0 Å². The molecule has 0 aromatic heterocycles. The van der Waals surface area contributed by atoms with Crippen LogP contribution in [0.5, 0.6) is 5.75 Å². The molecule has 31 heavy (non-hydrogen) atoms. The maximum absolute atomic E-state index is 13.3. The van der Waals surface area contributed by atoms with E-state index < -0.39 is 18.2 Å². The summed E-state index contributed by atoms with van der Waals surface area (Å²) in [7, 11) is 0. The number of ether oxygens (including phenoxy) is 1. The van der Waals surface area contributed by atoms with E-state index in [0.29, 0.717) is 17.0 Å². The molecule has 0 aliphatic carbocycles. The minimum Gasteiger partial charge on any atom is -0.481 e. The summed E-state index contributed by atoms with van der Waals surface area (Å²) in [6, 6.07) is 22.4. The fourth-order valence-electron chi connectivity index (χ4n) is 3.40. The molecule has 4 rings (SSSR count). The van der Waals surface area contributed by atoms with E-state index in [2.05, 4.69) is 26.7 Å². The summed E-state index contributed by atoms with van der Waals surface area (Å²) in [5.41, 5.74) is 5.71. The first kappa shape index (κ1) is 20.9. The van der Waals surface area contributed by atoms with Crippen LogP contribution in [0.2, 0.25) is 0 Å². The van der Waals surface area contributed by atoms with Gasteiger partial charge in [0.2, 0.25) is 0 Å². The summed E-state index contributed by atoms with van der Waals surface area (Å²) in [5.74, 6) is -0.0970. The number of para-hydroxylation sites is 1. The molecule has 1 aliphatic heterocycles. The van der Waals surface area contributed by atoms with E-state index in [0.717, 1.165) is 15.6 Å². The number of benzene rings is 3. The number of aryl methyl sites for hydroxylation is 1. The Balaban J connectivity index is 1.61. The van der Waals surface area contributed by atoms with Crippen LogP contribution in [0.3, 0.4) is 0 Å². The van der Waals surface area contributed by atoms with E-state index in [4.69, 9.17) is 4.74 Å². The molecular weight excluding hydrogens is 458 g/mol. The number of rotatable bonds is 5. The summed E-state index contributed by atoms with van der Waals surface area (Å²) < 4.78 is 6.62. The van der Waals surface area contributed by atoms with Gasteiger partial charge in [-0.05, 0) is 49.2 Å². The third-order valence-corrected chi connectivity index (χ3v) is 5.59. The van der Waals surface area contributed by atoms with E-state index in [1.165, 1.54) is 5.01 Å². The molecule has 0 bridgehead atoms. The normalized spacial score (nSPS) is 16.2. The number of hydrogen-bond acceptors (Lipinski definition) is 4. The zero-order chi connectivity index (χ0) is 22.0. The van der Waals surface area contributed by atoms with Crippen LogP contribution in [0.15, 0.2) is 77.3 Å². The molecule has 2 N–H and O–H groups in total. The number of hydrazine groups is 1. The van der Waals surface area contributed by atoms with Crippen LogP contribution in [-0.2, 0) is 4.79 Å². The molecule has 3 aromatic rings. The zero-order valence-corrected chi connectivity index (χ0v) is 18.7. The van der Waals surface area contributed by atoms with Gasteiger partial charge >= 0.3 is 0 Å².